The van der Waals surface area contributed by atoms with E-state index in [-0.39, 0.29) is 0 Å². The predicted molar refractivity (Wildman–Crippen MR) is 284 cm³/mol. The molecule has 0 N–H and O–H groups in total. The first-order chi connectivity index (χ1) is 33.2. The largest absolute Gasteiger partial charge is 0.455 e. The van der Waals surface area contributed by atoms with Gasteiger partial charge in [-0.2, -0.15) is 0 Å². The number of rotatable bonds is 4. The highest BCUT2D eigenvalue weighted by Crippen LogP contribution is 2.45. The Morgan fingerprint density at radius 1 is 0.313 bits per heavy atom. The van der Waals surface area contributed by atoms with Crippen LogP contribution in [0.4, 0.5) is 0 Å². The molecule has 0 saturated carbocycles. The van der Waals surface area contributed by atoms with Gasteiger partial charge >= 0.3 is 0 Å². The number of benzene rings is 9. The van der Waals surface area contributed by atoms with Crippen molar-refractivity contribution in [2.75, 3.05) is 0 Å². The summed E-state index contributed by atoms with van der Waals surface area (Å²) < 4.78 is 16.9. The lowest BCUT2D eigenvalue weighted by atomic mass is 10.1. The number of fused-ring (bicyclic) bond motifs is 15. The number of aromatic nitrogens is 4. The smallest absolute Gasteiger partial charge is 0.145 e. The molecule has 320 valence electrons. The Bertz CT molecular complexity index is 4420. The summed E-state index contributed by atoms with van der Waals surface area (Å²) in [5.74, 6) is 0. The Morgan fingerprint density at radius 3 is 1.24 bits per heavy atom. The van der Waals surface area contributed by atoms with Crippen molar-refractivity contribution in [3.63, 3.8) is 0 Å². The fraction of sp³-hybridized carbons (Fsp3) is 0.0645. The molecule has 5 nitrogen and oxygen atoms in total. The Hall–Kier alpha value is -8.54. The van der Waals surface area contributed by atoms with E-state index in [2.05, 4.69) is 238 Å². The standard InChI is InChI=1S/C60H40N4O.C2H6/c1-3-41-47-35-39(27-31-53(47)61(49(41)4-2)37-17-7-5-8-18-37)63-51-25-15-12-22-45(51)57-55(63)33-29-43-44-30-34-56-58(60(44)65-59(43)57)46-23-13-16-26-52(46)64(56)40-28-32-54-48(36-40)42-21-11-14-24-50(42)62(54)38-19-9-6-10-20-38;1-2/h3-36H,1-2H3;1-2H3/b41-3-,49-4+;. The molecule has 0 amide bonds. The van der Waals surface area contributed by atoms with E-state index >= 15 is 0 Å². The van der Waals surface area contributed by atoms with Crippen LogP contribution in [0.15, 0.2) is 199 Å². The van der Waals surface area contributed by atoms with Crippen molar-refractivity contribution in [2.45, 2.75) is 27.7 Å². The van der Waals surface area contributed by atoms with Gasteiger partial charge in [-0.3, -0.25) is 0 Å². The van der Waals surface area contributed by atoms with Gasteiger partial charge in [-0.15, -0.1) is 0 Å². The maximum Gasteiger partial charge on any atom is 0.145 e. The third-order valence-electron chi connectivity index (χ3n) is 13.9. The minimum absolute atomic E-state index is 0.911. The van der Waals surface area contributed by atoms with Gasteiger partial charge in [0.2, 0.25) is 0 Å². The lowest BCUT2D eigenvalue weighted by Gasteiger charge is -2.10. The Balaban J connectivity index is 0.00000220. The third kappa shape index (κ3) is 5.43. The van der Waals surface area contributed by atoms with Crippen LogP contribution in [-0.2, 0) is 0 Å². The Kier molecular flexibility index (Phi) is 8.71. The third-order valence-corrected chi connectivity index (χ3v) is 13.9. The van der Waals surface area contributed by atoms with Gasteiger partial charge in [0, 0.05) is 71.0 Å². The maximum atomic E-state index is 7.32. The minimum Gasteiger partial charge on any atom is -0.455 e. The summed E-state index contributed by atoms with van der Waals surface area (Å²) >= 11 is 0. The summed E-state index contributed by atoms with van der Waals surface area (Å²) in [5.41, 5.74) is 14.4. The molecule has 0 bridgehead atoms. The molecule has 0 atom stereocenters. The molecule has 9 aromatic carbocycles. The van der Waals surface area contributed by atoms with Gasteiger partial charge in [0.05, 0.1) is 49.4 Å². The molecule has 0 spiro atoms. The molecule has 0 fully saturated rings. The molecule has 14 aromatic rings. The number of furan rings is 1. The van der Waals surface area contributed by atoms with Crippen molar-refractivity contribution < 1.29 is 4.42 Å². The molecule has 0 unspecified atom stereocenters. The first kappa shape index (κ1) is 38.9. The summed E-state index contributed by atoms with van der Waals surface area (Å²) in [5, 5.41) is 12.9. The van der Waals surface area contributed by atoms with E-state index in [1.165, 1.54) is 54.0 Å². The topological polar surface area (TPSA) is 32.9 Å². The van der Waals surface area contributed by atoms with E-state index in [1.807, 2.05) is 13.8 Å². The highest BCUT2D eigenvalue weighted by molar-refractivity contribution is 6.29. The van der Waals surface area contributed by atoms with E-state index in [1.54, 1.807) is 0 Å². The van der Waals surface area contributed by atoms with Gasteiger partial charge in [-0.05, 0) is 117 Å². The average molecular weight is 863 g/mol. The normalized spacial score (nSPS) is 12.7. The van der Waals surface area contributed by atoms with Crippen LogP contribution >= 0.6 is 0 Å². The molecular weight excluding hydrogens is 817 g/mol. The van der Waals surface area contributed by atoms with Crippen LogP contribution in [-0.4, -0.2) is 18.3 Å². The van der Waals surface area contributed by atoms with Gasteiger partial charge in [0.25, 0.3) is 0 Å². The second-order valence-electron chi connectivity index (χ2n) is 17.1. The van der Waals surface area contributed by atoms with Crippen molar-refractivity contribution in [1.82, 2.24) is 18.3 Å². The second kappa shape index (κ2) is 15.0. The lowest BCUT2D eigenvalue weighted by Crippen LogP contribution is -2.27. The zero-order valence-corrected chi connectivity index (χ0v) is 37.8. The van der Waals surface area contributed by atoms with E-state index in [4.69, 9.17) is 4.42 Å². The first-order valence-corrected chi connectivity index (χ1v) is 23.4. The molecular formula is C62H46N4O. The van der Waals surface area contributed by atoms with E-state index < -0.39 is 0 Å². The first-order valence-electron chi connectivity index (χ1n) is 23.4. The maximum absolute atomic E-state index is 7.32. The van der Waals surface area contributed by atoms with Gasteiger partial charge < -0.3 is 22.7 Å². The van der Waals surface area contributed by atoms with Crippen LogP contribution in [0.2, 0.25) is 0 Å². The van der Waals surface area contributed by atoms with Crippen molar-refractivity contribution in [3.05, 3.63) is 205 Å². The molecule has 5 heteroatoms. The number of para-hydroxylation sites is 5. The number of hydrogen-bond acceptors (Lipinski definition) is 1. The molecule has 5 aromatic heterocycles. The van der Waals surface area contributed by atoms with Crippen LogP contribution in [0, 0.1) is 0 Å². The van der Waals surface area contributed by atoms with Gasteiger partial charge in [-0.1, -0.05) is 117 Å². The Labute approximate surface area is 386 Å². The fourth-order valence-electron chi connectivity index (χ4n) is 11.2. The molecule has 0 radical (unpaired) electrons. The van der Waals surface area contributed by atoms with Crippen LogP contribution in [0.25, 0.3) is 133 Å². The highest BCUT2D eigenvalue weighted by Gasteiger charge is 2.23. The Morgan fingerprint density at radius 2 is 0.716 bits per heavy atom. The second-order valence-corrected chi connectivity index (χ2v) is 17.1. The quantitative estimate of drug-likeness (QED) is 0.173. The SMILES string of the molecule is C/C=c1\c(=C/C)n(-c2ccccc2)c2ccc(-n3c4ccccc4c4c5oc6c(ccc7c6c6ccccc6n7-c6ccc7c(c6)c6ccccc6n7-c6ccccc6)c5ccc43)cc12.CC. The molecule has 67 heavy (non-hydrogen) atoms. The molecule has 0 aliphatic carbocycles. The monoisotopic (exact) mass is 862 g/mol. The van der Waals surface area contributed by atoms with E-state index in [0.717, 1.165) is 77.5 Å². The summed E-state index contributed by atoms with van der Waals surface area (Å²) in [6, 6.07) is 70.5. The lowest BCUT2D eigenvalue weighted by molar-refractivity contribution is 0.677. The van der Waals surface area contributed by atoms with Crippen LogP contribution in [0.1, 0.15) is 27.7 Å². The molecule has 0 aliphatic rings. The molecule has 0 saturated heterocycles. The minimum atomic E-state index is 0.911. The number of hydrogen-bond donors (Lipinski definition) is 0. The van der Waals surface area contributed by atoms with E-state index in [9.17, 15) is 0 Å². The van der Waals surface area contributed by atoms with E-state index in [0.29, 0.717) is 0 Å². The average Bonchev–Trinajstić information content (AvgIpc) is 4.19. The van der Waals surface area contributed by atoms with Crippen molar-refractivity contribution in [2.24, 2.45) is 0 Å². The van der Waals surface area contributed by atoms with Crippen LogP contribution in [0.5, 0.6) is 0 Å². The van der Waals surface area contributed by atoms with Crippen molar-refractivity contribution in [1.29, 1.82) is 0 Å². The molecule has 0 aliphatic heterocycles. The van der Waals surface area contributed by atoms with Crippen LogP contribution < -0.4 is 10.6 Å². The summed E-state index contributed by atoms with van der Waals surface area (Å²) in [6.07, 6.45) is 4.46. The molecule has 5 heterocycles. The fourth-order valence-corrected chi connectivity index (χ4v) is 11.2. The molecule has 14 rings (SSSR count). The predicted octanol–water partition coefficient (Wildman–Crippen LogP) is 15.4. The summed E-state index contributed by atoms with van der Waals surface area (Å²) in [4.78, 5) is 0. The zero-order valence-electron chi connectivity index (χ0n) is 37.8. The highest BCUT2D eigenvalue weighted by atomic mass is 16.3. The van der Waals surface area contributed by atoms with Gasteiger partial charge in [0.1, 0.15) is 11.2 Å². The number of nitrogens with zero attached hydrogens (tertiary/aromatic N) is 4. The van der Waals surface area contributed by atoms with Gasteiger partial charge in [-0.25, -0.2) is 0 Å². The van der Waals surface area contributed by atoms with Crippen molar-refractivity contribution in [3.8, 4) is 22.7 Å². The summed E-state index contributed by atoms with van der Waals surface area (Å²) in [6.45, 7) is 8.27. The van der Waals surface area contributed by atoms with Crippen LogP contribution in [0.3, 0.4) is 0 Å². The zero-order chi connectivity index (χ0) is 44.9. The summed E-state index contributed by atoms with van der Waals surface area (Å²) in [7, 11) is 0. The van der Waals surface area contributed by atoms with Crippen molar-refractivity contribution >= 4 is 110 Å². The van der Waals surface area contributed by atoms with Gasteiger partial charge in [0.15, 0.2) is 0 Å².